The molecule has 9 nitrogen and oxygen atoms in total. The molecule has 2 N–H and O–H groups in total. The molecule has 0 aliphatic carbocycles. The number of nitrogens with zero attached hydrogens (tertiary/aromatic N) is 7. The quantitative estimate of drug-likeness (QED) is 0.481. The maximum absolute atomic E-state index is 13.6. The van der Waals surface area contributed by atoms with Crippen LogP contribution in [0.3, 0.4) is 0 Å². The molecule has 0 unspecified atom stereocenters. The first-order chi connectivity index (χ1) is 16.1. The first kappa shape index (κ1) is 21.1. The largest absolute Gasteiger partial charge is 0.341 e. The standard InChI is InChI=1S/C24H26N8O/c1-3-4-12-31-22-20(27-24(31)30-11-7-8-17(25)14-30)13-26-32(23(22)33)15-21-19-10-6-5-9-18(19)16(2)28-29-21/h5-6,9-10,13,17H,7-8,11-12,14-15,25H2,1-2H3/t17-/m1/s1. The zero-order chi connectivity index (χ0) is 22.9. The highest BCUT2D eigenvalue weighted by atomic mass is 16.1. The van der Waals surface area contributed by atoms with Crippen LogP contribution in [0.2, 0.25) is 0 Å². The molecule has 0 radical (unpaired) electrons. The van der Waals surface area contributed by atoms with Gasteiger partial charge in [0.15, 0.2) is 0 Å². The second kappa shape index (κ2) is 8.64. The third-order valence-corrected chi connectivity index (χ3v) is 6.13. The molecule has 0 spiro atoms. The van der Waals surface area contributed by atoms with Gasteiger partial charge in [-0.2, -0.15) is 15.3 Å². The first-order valence-corrected chi connectivity index (χ1v) is 11.1. The second-order valence-electron chi connectivity index (χ2n) is 8.39. The minimum Gasteiger partial charge on any atom is -0.341 e. The van der Waals surface area contributed by atoms with Gasteiger partial charge in [-0.3, -0.25) is 9.36 Å². The van der Waals surface area contributed by atoms with Crippen LogP contribution >= 0.6 is 0 Å². The number of piperidine rings is 1. The van der Waals surface area contributed by atoms with Crippen LogP contribution in [0.15, 0.2) is 35.3 Å². The number of aromatic nitrogens is 6. The van der Waals surface area contributed by atoms with Crippen molar-refractivity contribution in [2.75, 3.05) is 18.0 Å². The van der Waals surface area contributed by atoms with Crippen molar-refractivity contribution in [3.63, 3.8) is 0 Å². The van der Waals surface area contributed by atoms with E-state index in [2.05, 4.69) is 32.0 Å². The van der Waals surface area contributed by atoms with Crippen LogP contribution in [0.25, 0.3) is 21.8 Å². The summed E-state index contributed by atoms with van der Waals surface area (Å²) in [6, 6.07) is 8.02. The van der Waals surface area contributed by atoms with Gasteiger partial charge in [-0.15, -0.1) is 5.92 Å². The van der Waals surface area contributed by atoms with Crippen LogP contribution in [0.4, 0.5) is 5.95 Å². The van der Waals surface area contributed by atoms with E-state index in [9.17, 15) is 4.79 Å². The van der Waals surface area contributed by atoms with Crippen molar-refractivity contribution in [3.8, 4) is 11.8 Å². The third-order valence-electron chi connectivity index (χ3n) is 6.13. The monoisotopic (exact) mass is 442 g/mol. The number of fused-ring (bicyclic) bond motifs is 2. The van der Waals surface area contributed by atoms with Crippen molar-refractivity contribution in [2.24, 2.45) is 5.73 Å². The van der Waals surface area contributed by atoms with Crippen molar-refractivity contribution in [2.45, 2.75) is 45.8 Å². The van der Waals surface area contributed by atoms with E-state index >= 15 is 0 Å². The summed E-state index contributed by atoms with van der Waals surface area (Å²) in [6.45, 7) is 5.86. The zero-order valence-corrected chi connectivity index (χ0v) is 18.8. The normalized spacial score (nSPS) is 16.2. The van der Waals surface area contributed by atoms with E-state index < -0.39 is 0 Å². The van der Waals surface area contributed by atoms with Gasteiger partial charge in [0.2, 0.25) is 5.95 Å². The van der Waals surface area contributed by atoms with Crippen LogP contribution < -0.4 is 16.2 Å². The van der Waals surface area contributed by atoms with Crippen LogP contribution in [0.1, 0.15) is 31.2 Å². The summed E-state index contributed by atoms with van der Waals surface area (Å²) in [5.41, 5.74) is 8.58. The minimum absolute atomic E-state index is 0.0902. The van der Waals surface area contributed by atoms with Gasteiger partial charge in [0, 0.05) is 29.9 Å². The topological polar surface area (TPSA) is 108 Å². The summed E-state index contributed by atoms with van der Waals surface area (Å²) in [6.07, 6.45) is 3.63. The third kappa shape index (κ3) is 3.83. The Kier molecular flexibility index (Phi) is 5.52. The number of imidazole rings is 1. The van der Waals surface area contributed by atoms with Gasteiger partial charge in [-0.1, -0.05) is 30.2 Å². The molecule has 0 amide bonds. The fourth-order valence-corrected chi connectivity index (χ4v) is 4.48. The van der Waals surface area contributed by atoms with E-state index in [-0.39, 0.29) is 18.1 Å². The van der Waals surface area contributed by atoms with Crippen molar-refractivity contribution in [1.29, 1.82) is 0 Å². The van der Waals surface area contributed by atoms with Gasteiger partial charge in [0.05, 0.1) is 30.7 Å². The number of nitrogens with two attached hydrogens (primary N) is 1. The van der Waals surface area contributed by atoms with Crippen molar-refractivity contribution in [1.82, 2.24) is 29.5 Å². The van der Waals surface area contributed by atoms with E-state index in [1.165, 1.54) is 4.68 Å². The molecule has 1 fully saturated rings. The number of benzene rings is 1. The Bertz CT molecular complexity index is 1460. The SMILES string of the molecule is CC#CCn1c(N2CCC[C@@H](N)C2)nc2cnn(Cc3nnc(C)c4ccccc34)c(=O)c21. The summed E-state index contributed by atoms with van der Waals surface area (Å²) >= 11 is 0. The Morgan fingerprint density at radius 3 is 2.82 bits per heavy atom. The zero-order valence-electron chi connectivity index (χ0n) is 18.8. The maximum atomic E-state index is 13.6. The minimum atomic E-state index is -0.225. The Morgan fingerprint density at radius 1 is 1.21 bits per heavy atom. The molecule has 0 saturated carbocycles. The van der Waals surface area contributed by atoms with Gasteiger partial charge >= 0.3 is 0 Å². The number of hydrogen-bond donors (Lipinski definition) is 1. The van der Waals surface area contributed by atoms with Crippen LogP contribution in [-0.4, -0.2) is 48.7 Å². The fraction of sp³-hybridized carbons (Fsp3) is 0.375. The van der Waals surface area contributed by atoms with Crippen LogP contribution in [0.5, 0.6) is 0 Å². The molecule has 1 aliphatic heterocycles. The average molecular weight is 443 g/mol. The highest BCUT2D eigenvalue weighted by Gasteiger charge is 2.24. The van der Waals surface area contributed by atoms with Gasteiger partial charge in [0.25, 0.3) is 5.56 Å². The molecule has 1 atom stereocenters. The lowest BCUT2D eigenvalue weighted by atomic mass is 10.1. The average Bonchev–Trinajstić information content (AvgIpc) is 3.20. The number of rotatable bonds is 4. The lowest BCUT2D eigenvalue weighted by Crippen LogP contribution is -2.44. The number of hydrogen-bond acceptors (Lipinski definition) is 7. The van der Waals surface area contributed by atoms with E-state index in [1.807, 2.05) is 35.8 Å². The second-order valence-corrected chi connectivity index (χ2v) is 8.39. The van der Waals surface area contributed by atoms with Crippen molar-refractivity contribution < 1.29 is 0 Å². The molecule has 0 bridgehead atoms. The maximum Gasteiger partial charge on any atom is 0.293 e. The Balaban J connectivity index is 1.62. The predicted octanol–water partition coefficient (Wildman–Crippen LogP) is 1.84. The molecule has 3 aromatic heterocycles. The van der Waals surface area contributed by atoms with Gasteiger partial charge < -0.3 is 10.6 Å². The molecule has 168 valence electrons. The Morgan fingerprint density at radius 2 is 2.03 bits per heavy atom. The molecule has 4 aromatic rings. The van der Waals surface area contributed by atoms with E-state index in [0.717, 1.165) is 41.8 Å². The van der Waals surface area contributed by atoms with Gasteiger partial charge in [0.1, 0.15) is 11.0 Å². The molecular formula is C24H26N8O. The number of aryl methyl sites for hydroxylation is 1. The molecule has 5 rings (SSSR count). The van der Waals surface area contributed by atoms with Crippen molar-refractivity contribution in [3.05, 3.63) is 52.2 Å². The van der Waals surface area contributed by atoms with E-state index in [1.54, 1.807) is 13.1 Å². The molecule has 1 aliphatic rings. The van der Waals surface area contributed by atoms with Gasteiger partial charge in [-0.05, 0) is 26.7 Å². The van der Waals surface area contributed by atoms with E-state index in [4.69, 9.17) is 10.7 Å². The smallest absolute Gasteiger partial charge is 0.293 e. The van der Waals surface area contributed by atoms with Crippen LogP contribution in [-0.2, 0) is 13.1 Å². The predicted molar refractivity (Wildman–Crippen MR) is 128 cm³/mol. The summed E-state index contributed by atoms with van der Waals surface area (Å²) in [4.78, 5) is 20.5. The first-order valence-electron chi connectivity index (χ1n) is 11.1. The number of anilines is 1. The van der Waals surface area contributed by atoms with Gasteiger partial charge in [-0.25, -0.2) is 9.67 Å². The molecule has 9 heteroatoms. The molecule has 4 heterocycles. The lowest BCUT2D eigenvalue weighted by molar-refractivity contribution is 0.496. The molecule has 33 heavy (non-hydrogen) atoms. The lowest BCUT2D eigenvalue weighted by Gasteiger charge is -2.31. The summed E-state index contributed by atoms with van der Waals surface area (Å²) < 4.78 is 3.32. The van der Waals surface area contributed by atoms with Crippen molar-refractivity contribution >= 4 is 27.8 Å². The molecule has 1 saturated heterocycles. The molecule has 1 aromatic carbocycles. The highest BCUT2D eigenvalue weighted by Crippen LogP contribution is 2.23. The van der Waals surface area contributed by atoms with Crippen LogP contribution in [0, 0.1) is 18.8 Å². The summed E-state index contributed by atoms with van der Waals surface area (Å²) in [5.74, 6) is 6.73. The Hall–Kier alpha value is -3.77. The highest BCUT2D eigenvalue weighted by molar-refractivity contribution is 5.86. The van der Waals surface area contributed by atoms with E-state index in [0.29, 0.717) is 29.8 Å². The summed E-state index contributed by atoms with van der Waals surface area (Å²) in [7, 11) is 0. The fourth-order valence-electron chi connectivity index (χ4n) is 4.48. The summed E-state index contributed by atoms with van der Waals surface area (Å²) in [5, 5.41) is 15.0. The Labute approximate surface area is 191 Å². The molecular weight excluding hydrogens is 416 g/mol.